The third-order valence-corrected chi connectivity index (χ3v) is 4.29. The van der Waals surface area contributed by atoms with E-state index in [1.165, 1.54) is 0 Å². The molecule has 1 heterocycles. The van der Waals surface area contributed by atoms with E-state index in [0.29, 0.717) is 19.7 Å². The SMILES string of the molecule is CCOc1c(Br)cc(CNCc2cccc3c2OCO3)cc1OC. The number of hydrogen-bond donors (Lipinski definition) is 1. The monoisotopic (exact) mass is 393 g/mol. The first-order chi connectivity index (χ1) is 11.7. The van der Waals surface area contributed by atoms with Crippen LogP contribution in [-0.2, 0) is 13.1 Å². The highest BCUT2D eigenvalue weighted by atomic mass is 79.9. The number of methoxy groups -OCH3 is 1. The fraction of sp³-hybridized carbons (Fsp3) is 0.333. The lowest BCUT2D eigenvalue weighted by atomic mass is 10.1. The number of fused-ring (bicyclic) bond motifs is 1. The Hall–Kier alpha value is -1.92. The van der Waals surface area contributed by atoms with E-state index in [4.69, 9.17) is 18.9 Å². The van der Waals surface area contributed by atoms with Crippen molar-refractivity contribution in [3.05, 3.63) is 45.9 Å². The van der Waals surface area contributed by atoms with Crippen molar-refractivity contribution in [1.82, 2.24) is 5.32 Å². The topological polar surface area (TPSA) is 49.0 Å². The molecule has 1 aliphatic heterocycles. The van der Waals surface area contributed by atoms with Gasteiger partial charge in [-0.25, -0.2) is 0 Å². The molecule has 5 nitrogen and oxygen atoms in total. The van der Waals surface area contributed by atoms with Gasteiger partial charge in [-0.1, -0.05) is 12.1 Å². The molecule has 0 bridgehead atoms. The molecule has 0 spiro atoms. The number of halogens is 1. The normalized spacial score (nSPS) is 12.3. The number of nitrogens with one attached hydrogen (secondary N) is 1. The van der Waals surface area contributed by atoms with E-state index in [9.17, 15) is 0 Å². The van der Waals surface area contributed by atoms with E-state index in [0.717, 1.165) is 38.6 Å². The minimum Gasteiger partial charge on any atom is -0.493 e. The number of para-hydroxylation sites is 1. The third kappa shape index (κ3) is 3.60. The maximum Gasteiger partial charge on any atom is 0.231 e. The minimum absolute atomic E-state index is 0.287. The summed E-state index contributed by atoms with van der Waals surface area (Å²) in [7, 11) is 1.64. The molecule has 0 saturated carbocycles. The highest BCUT2D eigenvalue weighted by molar-refractivity contribution is 9.10. The molecule has 128 valence electrons. The minimum atomic E-state index is 0.287. The summed E-state index contributed by atoms with van der Waals surface area (Å²) in [6.07, 6.45) is 0. The van der Waals surface area contributed by atoms with Crippen molar-refractivity contribution >= 4 is 15.9 Å². The van der Waals surface area contributed by atoms with Crippen LogP contribution >= 0.6 is 15.9 Å². The van der Waals surface area contributed by atoms with Gasteiger partial charge in [0, 0.05) is 18.7 Å². The molecule has 2 aromatic carbocycles. The molecule has 0 amide bonds. The molecule has 0 unspecified atom stereocenters. The molecule has 0 atom stereocenters. The molecule has 0 aromatic heterocycles. The maximum atomic E-state index is 5.62. The average molecular weight is 394 g/mol. The second kappa shape index (κ2) is 7.77. The second-order valence-electron chi connectivity index (χ2n) is 5.30. The van der Waals surface area contributed by atoms with Gasteiger partial charge in [0.25, 0.3) is 0 Å². The van der Waals surface area contributed by atoms with Crippen molar-refractivity contribution < 1.29 is 18.9 Å². The smallest absolute Gasteiger partial charge is 0.231 e. The van der Waals surface area contributed by atoms with Crippen molar-refractivity contribution in [3.8, 4) is 23.0 Å². The Bertz CT molecular complexity index is 720. The van der Waals surface area contributed by atoms with Crippen LogP contribution in [0.5, 0.6) is 23.0 Å². The van der Waals surface area contributed by atoms with Crippen LogP contribution in [-0.4, -0.2) is 20.5 Å². The van der Waals surface area contributed by atoms with E-state index in [1.807, 2.05) is 37.3 Å². The van der Waals surface area contributed by atoms with E-state index >= 15 is 0 Å². The number of ether oxygens (including phenoxy) is 4. The van der Waals surface area contributed by atoms with E-state index < -0.39 is 0 Å². The Labute approximate surface area is 150 Å². The first kappa shape index (κ1) is 16.9. The Balaban J connectivity index is 1.67. The summed E-state index contributed by atoms with van der Waals surface area (Å²) in [5, 5.41) is 3.42. The first-order valence-electron chi connectivity index (χ1n) is 7.80. The maximum absolute atomic E-state index is 5.62. The molecular formula is C18H20BrNO4. The Morgan fingerprint density at radius 1 is 1.21 bits per heavy atom. The summed E-state index contributed by atoms with van der Waals surface area (Å²) in [4.78, 5) is 0. The number of benzene rings is 2. The van der Waals surface area contributed by atoms with Gasteiger partial charge < -0.3 is 24.3 Å². The highest BCUT2D eigenvalue weighted by Crippen LogP contribution is 2.37. The number of hydrogen-bond acceptors (Lipinski definition) is 5. The average Bonchev–Trinajstić information content (AvgIpc) is 3.06. The third-order valence-electron chi connectivity index (χ3n) is 3.70. The van der Waals surface area contributed by atoms with Gasteiger partial charge in [-0.15, -0.1) is 0 Å². The zero-order chi connectivity index (χ0) is 16.9. The van der Waals surface area contributed by atoms with Crippen LogP contribution in [0, 0.1) is 0 Å². The Morgan fingerprint density at radius 3 is 2.88 bits per heavy atom. The van der Waals surface area contributed by atoms with Gasteiger partial charge in [-0.05, 0) is 46.6 Å². The van der Waals surface area contributed by atoms with Crippen molar-refractivity contribution in [2.24, 2.45) is 0 Å². The molecule has 1 aliphatic rings. The lowest BCUT2D eigenvalue weighted by Gasteiger charge is -2.14. The largest absolute Gasteiger partial charge is 0.493 e. The molecular weight excluding hydrogens is 374 g/mol. The zero-order valence-corrected chi connectivity index (χ0v) is 15.3. The lowest BCUT2D eigenvalue weighted by molar-refractivity contribution is 0.173. The summed E-state index contributed by atoms with van der Waals surface area (Å²) < 4.78 is 22.9. The van der Waals surface area contributed by atoms with Crippen LogP contribution in [0.1, 0.15) is 18.1 Å². The van der Waals surface area contributed by atoms with Crippen LogP contribution in [0.15, 0.2) is 34.8 Å². The summed E-state index contributed by atoms with van der Waals surface area (Å²) >= 11 is 3.55. The van der Waals surface area contributed by atoms with Gasteiger partial charge in [0.15, 0.2) is 23.0 Å². The quantitative estimate of drug-likeness (QED) is 0.773. The van der Waals surface area contributed by atoms with Gasteiger partial charge in [-0.3, -0.25) is 0 Å². The van der Waals surface area contributed by atoms with E-state index in [1.54, 1.807) is 7.11 Å². The summed E-state index contributed by atoms with van der Waals surface area (Å²) in [6, 6.07) is 9.95. The van der Waals surface area contributed by atoms with Crippen LogP contribution in [0.2, 0.25) is 0 Å². The van der Waals surface area contributed by atoms with Gasteiger partial charge >= 0.3 is 0 Å². The van der Waals surface area contributed by atoms with E-state index in [2.05, 4.69) is 21.2 Å². The zero-order valence-electron chi connectivity index (χ0n) is 13.7. The van der Waals surface area contributed by atoms with Gasteiger partial charge in [0.1, 0.15) is 0 Å². The van der Waals surface area contributed by atoms with Gasteiger partial charge in [-0.2, -0.15) is 0 Å². The molecule has 2 aromatic rings. The summed E-state index contributed by atoms with van der Waals surface area (Å²) in [5.41, 5.74) is 2.19. The molecule has 3 rings (SSSR count). The number of rotatable bonds is 7. The summed E-state index contributed by atoms with van der Waals surface area (Å²) in [6.45, 7) is 4.22. The second-order valence-corrected chi connectivity index (χ2v) is 6.15. The van der Waals surface area contributed by atoms with Crippen LogP contribution < -0.4 is 24.3 Å². The predicted octanol–water partition coefficient (Wildman–Crippen LogP) is 3.87. The Morgan fingerprint density at radius 2 is 2.08 bits per heavy atom. The van der Waals surface area contributed by atoms with Crippen molar-refractivity contribution in [1.29, 1.82) is 0 Å². The lowest BCUT2D eigenvalue weighted by Crippen LogP contribution is -2.13. The standard InChI is InChI=1S/C18H20BrNO4/c1-3-22-18-14(19)7-12(8-16(18)21-2)9-20-10-13-5-4-6-15-17(13)24-11-23-15/h4-8,20H,3,9-11H2,1-2H3. The highest BCUT2D eigenvalue weighted by Gasteiger charge is 2.17. The fourth-order valence-corrected chi connectivity index (χ4v) is 3.23. The van der Waals surface area contributed by atoms with E-state index in [-0.39, 0.29) is 6.79 Å². The van der Waals surface area contributed by atoms with Crippen LogP contribution in [0.4, 0.5) is 0 Å². The van der Waals surface area contributed by atoms with Gasteiger partial charge in [0.05, 0.1) is 18.2 Å². The fourth-order valence-electron chi connectivity index (χ4n) is 2.63. The van der Waals surface area contributed by atoms with Crippen LogP contribution in [0.25, 0.3) is 0 Å². The van der Waals surface area contributed by atoms with Crippen molar-refractivity contribution in [3.63, 3.8) is 0 Å². The molecule has 24 heavy (non-hydrogen) atoms. The van der Waals surface area contributed by atoms with Crippen LogP contribution in [0.3, 0.4) is 0 Å². The Kier molecular flexibility index (Phi) is 5.48. The van der Waals surface area contributed by atoms with Gasteiger partial charge in [0.2, 0.25) is 6.79 Å². The first-order valence-corrected chi connectivity index (χ1v) is 8.59. The molecule has 0 aliphatic carbocycles. The molecule has 0 saturated heterocycles. The summed E-state index contributed by atoms with van der Waals surface area (Å²) in [5.74, 6) is 3.09. The van der Waals surface area contributed by atoms with Crippen molar-refractivity contribution in [2.45, 2.75) is 20.0 Å². The predicted molar refractivity (Wildman–Crippen MR) is 95.0 cm³/mol. The van der Waals surface area contributed by atoms with Crippen molar-refractivity contribution in [2.75, 3.05) is 20.5 Å². The molecule has 0 radical (unpaired) electrons. The molecule has 6 heteroatoms. The molecule has 1 N–H and O–H groups in total. The molecule has 0 fully saturated rings.